The van der Waals surface area contributed by atoms with Crippen molar-refractivity contribution in [3.8, 4) is 90.2 Å². The van der Waals surface area contributed by atoms with E-state index in [-0.39, 0.29) is 68.8 Å². The van der Waals surface area contributed by atoms with E-state index in [0.717, 1.165) is 72.8 Å². The van der Waals surface area contributed by atoms with Gasteiger partial charge in [0.05, 0.1) is 89.0 Å². The van der Waals surface area contributed by atoms with Gasteiger partial charge < -0.3 is 54.2 Å². The Labute approximate surface area is 724 Å². The van der Waals surface area contributed by atoms with Crippen molar-refractivity contribution in [1.82, 2.24) is 29.8 Å². The topological polar surface area (TPSA) is 318 Å². The highest BCUT2D eigenvalue weighted by Crippen LogP contribution is 2.42. The van der Waals surface area contributed by atoms with Crippen LogP contribution in [0.2, 0.25) is 0 Å². The number of anilines is 1. The van der Waals surface area contributed by atoms with Crippen LogP contribution in [-0.2, 0) is 52.6 Å². The molecule has 0 saturated carbocycles. The Morgan fingerprint density at radius 3 is 1.16 bits per heavy atom. The summed E-state index contributed by atoms with van der Waals surface area (Å²) in [6, 6.07) is 86.5. The number of aromatic nitrogens is 6. The lowest BCUT2D eigenvalue weighted by molar-refractivity contribution is -0.155. The Kier molecular flexibility index (Phi) is 34.5. The number of rotatable bonds is 18. The van der Waals surface area contributed by atoms with Gasteiger partial charge in [-0.05, 0) is 101 Å². The molecule has 0 amide bonds. The second-order valence-corrected chi connectivity index (χ2v) is 32.3. The minimum Gasteiger partial charge on any atom is -0.511 e. The first-order valence-electron chi connectivity index (χ1n) is 37.2. The zero-order valence-electron chi connectivity index (χ0n) is 66.2. The summed E-state index contributed by atoms with van der Waals surface area (Å²) in [5, 5.41) is 47.8. The fourth-order valence-corrected chi connectivity index (χ4v) is 12.7. The van der Waals surface area contributed by atoms with Gasteiger partial charge in [0.2, 0.25) is 0 Å². The van der Waals surface area contributed by atoms with Gasteiger partial charge in [-0.1, -0.05) is 231 Å². The highest BCUT2D eigenvalue weighted by molar-refractivity contribution is 9.69. The van der Waals surface area contributed by atoms with Crippen LogP contribution >= 0.6 is 58.9 Å². The number of phenols is 1. The number of allylic oxidation sites excluding steroid dienone is 4. The summed E-state index contributed by atoms with van der Waals surface area (Å²) in [5.74, 6) is -0.500. The van der Waals surface area contributed by atoms with Crippen LogP contribution in [0.15, 0.2) is 291 Å². The fourth-order valence-electron chi connectivity index (χ4n) is 12.6. The molecule has 0 aliphatic carbocycles. The molecule has 6 N–H and O–H groups in total. The van der Waals surface area contributed by atoms with E-state index in [2.05, 4.69) is 76.8 Å². The average Bonchev–Trinajstić information content (AvgIpc) is 1.59. The summed E-state index contributed by atoms with van der Waals surface area (Å²) < 4.78 is 36.5. The minimum absolute atomic E-state index is 0.00474. The Hall–Kier alpha value is -13.1. The summed E-state index contributed by atoms with van der Waals surface area (Å²) in [6.45, 7) is 3.94. The van der Waals surface area contributed by atoms with Gasteiger partial charge in [0.25, 0.3) is 11.8 Å². The molecule has 0 radical (unpaired) electrons. The van der Waals surface area contributed by atoms with Crippen molar-refractivity contribution in [3.63, 3.8) is 0 Å². The predicted molar refractivity (Wildman–Crippen MR) is 477 cm³/mol. The number of nitrogen functional groups attached to an aromatic ring is 1. The van der Waals surface area contributed by atoms with Gasteiger partial charge in [-0.25, -0.2) is 4.79 Å². The number of methoxy groups -OCH3 is 5. The Bertz CT molecular complexity index is 5610. The molecule has 0 spiro atoms. The van der Waals surface area contributed by atoms with Crippen molar-refractivity contribution in [2.75, 3.05) is 54.5 Å². The Morgan fingerprint density at radius 2 is 0.808 bits per heavy atom. The van der Waals surface area contributed by atoms with Crippen LogP contribution in [0.25, 0.3) is 78.3 Å². The molecule has 2 aliphatic heterocycles. The maximum Gasteiger partial charge on any atom is 0.403 e. The third kappa shape index (κ3) is 24.3. The SMILES string of the molecule is BrB(Br)Br.CCOC(=O)C(C(=O)OC)c1ccc(OC)cc1.CCOC(=O)Cl.COC(=O)Cc1ccc(OC)cc1.COc1ccc(C2=C(O)Cc3c(-c4ccccc4)c(-c4ccccc4)nn3C2=O)cc1.Nc1n[nH]c(-c2ccccc2)c1-c1ccccc1.O=C1C(c2ccc(O)cc2)=C(O)Cc2c(-c3ccccc3)c(-c3ccccc3)nn21. The molecule has 0 saturated heterocycles. The van der Waals surface area contributed by atoms with Crippen LogP contribution in [0.3, 0.4) is 0 Å². The normalized spacial score (nSPS) is 11.7. The summed E-state index contributed by atoms with van der Waals surface area (Å²) >= 11 is 14.0. The maximum absolute atomic E-state index is 13.5. The lowest BCUT2D eigenvalue weighted by Gasteiger charge is -2.18. The first kappa shape index (κ1) is 90.8. The van der Waals surface area contributed by atoms with Gasteiger partial charge in [0.1, 0.15) is 45.9 Å². The van der Waals surface area contributed by atoms with Gasteiger partial charge in [0, 0.05) is 52.3 Å². The number of nitrogens with two attached hydrogens (primary N) is 1. The van der Waals surface area contributed by atoms with Crippen LogP contribution in [0.1, 0.15) is 63.0 Å². The van der Waals surface area contributed by atoms with Crippen LogP contribution in [0, 0.1) is 0 Å². The van der Waals surface area contributed by atoms with Crippen LogP contribution in [0.4, 0.5) is 10.6 Å². The van der Waals surface area contributed by atoms with Gasteiger partial charge in [-0.3, -0.25) is 29.1 Å². The maximum atomic E-state index is 13.5. The van der Waals surface area contributed by atoms with Gasteiger partial charge in [-0.2, -0.15) is 24.7 Å². The third-order valence-corrected chi connectivity index (χ3v) is 18.2. The number of aromatic amines is 1. The van der Waals surface area contributed by atoms with E-state index in [1.54, 1.807) is 88.7 Å². The quantitative estimate of drug-likeness (QED) is 0.0175. The Morgan fingerprint density at radius 1 is 0.458 bits per heavy atom. The van der Waals surface area contributed by atoms with Crippen molar-refractivity contribution in [1.29, 1.82) is 0 Å². The number of carbonyl (C=O) groups excluding carboxylic acids is 6. The molecule has 5 heterocycles. The molecule has 1 atom stereocenters. The summed E-state index contributed by atoms with van der Waals surface area (Å²) in [4.78, 5) is 70.7. The number of ether oxygens (including phenoxy) is 7. The number of nitrogens with zero attached hydrogens (tertiary/aromatic N) is 5. The lowest BCUT2D eigenvalue weighted by Crippen LogP contribution is -2.25. The van der Waals surface area contributed by atoms with Crippen molar-refractivity contribution in [2.24, 2.45) is 0 Å². The molecule has 0 fully saturated rings. The molecule has 10 aromatic carbocycles. The number of aliphatic hydroxyl groups excluding tert-OH is 2. The van der Waals surface area contributed by atoms with E-state index in [9.17, 15) is 44.1 Å². The average molecular weight is 1830 g/mol. The zero-order chi connectivity index (χ0) is 86.2. The van der Waals surface area contributed by atoms with Crippen molar-refractivity contribution in [3.05, 3.63) is 324 Å². The molecule has 1 unspecified atom stereocenters. The molecular formula is C92H84BBr3ClN7O16. The van der Waals surface area contributed by atoms with Crippen molar-refractivity contribution >= 4 is 114 Å². The van der Waals surface area contributed by atoms with E-state index < -0.39 is 23.3 Å². The number of hydrogen-bond acceptors (Lipinski definition) is 20. The molecule has 614 valence electrons. The summed E-state index contributed by atoms with van der Waals surface area (Å²) in [5.41, 5.74) is 20.5. The van der Waals surface area contributed by atoms with Gasteiger partial charge in [-0.15, -0.1) is 47.3 Å². The molecule has 28 heteroatoms. The standard InChI is InChI=1S/C26H20N2O3.C25H18N2O3.C15H13N3.C13H16O5.C10H12O3.C3H5ClO2.BBr3/c1-31-20-14-12-18(13-15-20)24-22(29)16-21-23(17-8-4-2-5-9-17)25(27-28(21)26(24)30)19-10-6-3-7-11-19;28-19-13-11-17(12-14-19)23-21(29)15-20-22(16-7-3-1-4-8-16)24(26-27(20)25(23)30)18-9-5-2-6-10-18;16-15-13(11-7-3-1-4-8-11)14(17-18-15)12-9-5-2-6-10-12;1-4-18-13(15)11(12(14)17-3)9-5-7-10(16-2)8-6-9;1-12-9-5-3-8(4-6-9)7-10(11)13-2;1-2-6-3(4)5;2-1(3)4/h2-15,29H,16H2,1H3;1-14,28-29H,15H2;1-10H,(H3,16,17,18);5-8,11H,4H2,1-3H3;3-6H,7H2,1-2H3;2H2,1H3;. The number of hydrogen-bond donors (Lipinski definition) is 5. The van der Waals surface area contributed by atoms with E-state index in [1.165, 1.54) is 42.8 Å². The van der Waals surface area contributed by atoms with Crippen LogP contribution in [-0.4, -0.2) is 132 Å². The smallest absolute Gasteiger partial charge is 0.403 e. The molecule has 0 bridgehead atoms. The van der Waals surface area contributed by atoms with Crippen LogP contribution in [0.5, 0.6) is 23.0 Å². The number of fused-ring (bicyclic) bond motifs is 2. The number of aliphatic hydroxyl groups is 2. The first-order valence-corrected chi connectivity index (χ1v) is 40.3. The molecule has 2 aliphatic rings. The fraction of sp³-hybridized carbons (Fsp3) is 0.141. The van der Waals surface area contributed by atoms with Gasteiger partial charge >= 0.3 is 26.5 Å². The van der Waals surface area contributed by atoms with Gasteiger partial charge in [0.15, 0.2) is 11.7 Å². The highest BCUT2D eigenvalue weighted by atomic mass is 79.9. The predicted octanol–water partition coefficient (Wildman–Crippen LogP) is 20.3. The minimum atomic E-state index is -1.05. The number of H-pyrrole nitrogens is 1. The number of benzene rings is 10. The second-order valence-electron chi connectivity index (χ2n) is 25.6. The van der Waals surface area contributed by atoms with E-state index in [1.807, 2.05) is 206 Å². The monoisotopic (exact) mass is 1830 g/mol. The summed E-state index contributed by atoms with van der Waals surface area (Å²) in [6.07, 6.45) is 0.712. The van der Waals surface area contributed by atoms with Crippen molar-refractivity contribution < 1.29 is 77.2 Å². The number of aromatic hydroxyl groups is 1. The van der Waals surface area contributed by atoms with Crippen LogP contribution < -0.4 is 19.9 Å². The molecule has 13 aromatic rings. The highest BCUT2D eigenvalue weighted by Gasteiger charge is 2.36. The van der Waals surface area contributed by atoms with E-state index in [4.69, 9.17) is 41.4 Å². The molecular weight excluding hydrogens is 1750 g/mol. The van der Waals surface area contributed by atoms with Crippen molar-refractivity contribution in [2.45, 2.75) is 39.0 Å². The molecule has 3 aromatic heterocycles. The van der Waals surface area contributed by atoms with E-state index >= 15 is 0 Å². The number of esters is 3. The largest absolute Gasteiger partial charge is 0.511 e. The number of carbonyl (C=O) groups is 6. The third-order valence-electron chi connectivity index (χ3n) is 18.1. The Balaban J connectivity index is 0.000000171. The molecule has 23 nitrogen and oxygen atoms in total. The molecule has 120 heavy (non-hydrogen) atoms. The number of phenolic OH excluding ortho intramolecular Hbond substituents is 1. The first-order chi connectivity index (χ1) is 58.1. The number of nitrogens with one attached hydrogen (secondary N) is 1. The van der Waals surface area contributed by atoms with E-state index in [0.29, 0.717) is 64.1 Å². The molecule has 15 rings (SSSR count). The summed E-state index contributed by atoms with van der Waals surface area (Å²) in [7, 11) is 7.35. The zero-order valence-corrected chi connectivity index (χ0v) is 71.7. The lowest BCUT2D eigenvalue weighted by atomic mass is 9.93. The number of halogens is 4. The second kappa shape index (κ2) is 45.6.